The second kappa shape index (κ2) is 10.1. The fraction of sp³-hybridized carbons (Fsp3) is 0.238. The van der Waals surface area contributed by atoms with Crippen LogP contribution in [0.15, 0.2) is 65.9 Å². The highest BCUT2D eigenvalue weighted by molar-refractivity contribution is 14.0. The van der Waals surface area contributed by atoms with Crippen LogP contribution in [0.25, 0.3) is 5.69 Å². The summed E-state index contributed by atoms with van der Waals surface area (Å²) >= 11 is 0. The van der Waals surface area contributed by atoms with E-state index in [1.54, 1.807) is 13.2 Å². The van der Waals surface area contributed by atoms with E-state index < -0.39 is 0 Å². The Labute approximate surface area is 177 Å². The van der Waals surface area contributed by atoms with Crippen LogP contribution in [-0.2, 0) is 13.1 Å². The first-order valence-electron chi connectivity index (χ1n) is 8.75. The average molecular weight is 475 g/mol. The van der Waals surface area contributed by atoms with Crippen molar-refractivity contribution in [1.29, 1.82) is 0 Å². The standard InChI is InChI=1S/C21H25N5.HI/c1-16-5-8-19(17(2)13-16)15-24-21(22-3)23-14-18-6-9-20(10-7-18)26-12-4-11-25-26;/h4-13H,14-15H2,1-3H3,(H2,22,23,24);1H. The van der Waals surface area contributed by atoms with Crippen LogP contribution in [-0.4, -0.2) is 22.8 Å². The van der Waals surface area contributed by atoms with Gasteiger partial charge in [-0.05, 0) is 48.7 Å². The lowest BCUT2D eigenvalue weighted by Crippen LogP contribution is -2.36. The monoisotopic (exact) mass is 475 g/mol. The quantitative estimate of drug-likeness (QED) is 0.334. The summed E-state index contributed by atoms with van der Waals surface area (Å²) in [6.07, 6.45) is 3.72. The molecule has 3 aromatic rings. The van der Waals surface area contributed by atoms with Crippen molar-refractivity contribution in [2.24, 2.45) is 4.99 Å². The summed E-state index contributed by atoms with van der Waals surface area (Å²) in [5.74, 6) is 0.793. The SMILES string of the molecule is CN=C(NCc1ccc(-n2cccn2)cc1)NCc1ccc(C)cc1C.I. The Hall–Kier alpha value is -2.35. The van der Waals surface area contributed by atoms with Crippen molar-refractivity contribution in [3.05, 3.63) is 83.2 Å². The molecule has 5 nitrogen and oxygen atoms in total. The van der Waals surface area contributed by atoms with Crippen LogP contribution >= 0.6 is 24.0 Å². The van der Waals surface area contributed by atoms with Crippen molar-refractivity contribution in [3.63, 3.8) is 0 Å². The van der Waals surface area contributed by atoms with Crippen molar-refractivity contribution >= 4 is 29.9 Å². The van der Waals surface area contributed by atoms with Gasteiger partial charge in [-0.2, -0.15) is 5.10 Å². The maximum atomic E-state index is 4.30. The third kappa shape index (κ3) is 5.82. The number of aliphatic imine (C=N–C) groups is 1. The molecule has 2 N–H and O–H groups in total. The van der Waals surface area contributed by atoms with Crippen molar-refractivity contribution < 1.29 is 0 Å². The minimum absolute atomic E-state index is 0. The van der Waals surface area contributed by atoms with Gasteiger partial charge in [-0.3, -0.25) is 4.99 Å². The molecule has 0 amide bonds. The van der Waals surface area contributed by atoms with Gasteiger partial charge < -0.3 is 10.6 Å². The number of nitrogens with one attached hydrogen (secondary N) is 2. The van der Waals surface area contributed by atoms with Gasteiger partial charge in [0.25, 0.3) is 0 Å². The first-order valence-corrected chi connectivity index (χ1v) is 8.75. The van der Waals surface area contributed by atoms with Crippen LogP contribution in [0.5, 0.6) is 0 Å². The summed E-state index contributed by atoms with van der Waals surface area (Å²) < 4.78 is 1.85. The van der Waals surface area contributed by atoms with Crippen molar-refractivity contribution in [3.8, 4) is 5.69 Å². The zero-order valence-electron chi connectivity index (χ0n) is 15.9. The third-order valence-electron chi connectivity index (χ3n) is 4.33. The molecule has 142 valence electrons. The smallest absolute Gasteiger partial charge is 0.191 e. The lowest BCUT2D eigenvalue weighted by molar-refractivity contribution is 0.805. The summed E-state index contributed by atoms with van der Waals surface area (Å²) in [5, 5.41) is 11.0. The van der Waals surface area contributed by atoms with E-state index in [2.05, 4.69) is 77.0 Å². The molecule has 2 aromatic carbocycles. The fourth-order valence-corrected chi connectivity index (χ4v) is 2.82. The van der Waals surface area contributed by atoms with Gasteiger partial charge in [-0.15, -0.1) is 24.0 Å². The van der Waals surface area contributed by atoms with Crippen LogP contribution in [0.4, 0.5) is 0 Å². The summed E-state index contributed by atoms with van der Waals surface area (Å²) in [6.45, 7) is 5.72. The van der Waals surface area contributed by atoms with Crippen LogP contribution in [0, 0.1) is 13.8 Å². The maximum absolute atomic E-state index is 4.30. The summed E-state index contributed by atoms with van der Waals surface area (Å²) in [7, 11) is 1.79. The molecule has 6 heteroatoms. The summed E-state index contributed by atoms with van der Waals surface area (Å²) in [6, 6.07) is 16.8. The molecule has 0 saturated carbocycles. The minimum atomic E-state index is 0. The number of hydrogen-bond acceptors (Lipinski definition) is 2. The highest BCUT2D eigenvalue weighted by Gasteiger charge is 2.02. The van der Waals surface area contributed by atoms with Gasteiger partial charge >= 0.3 is 0 Å². The largest absolute Gasteiger partial charge is 0.352 e. The topological polar surface area (TPSA) is 54.2 Å². The molecule has 0 fully saturated rings. The van der Waals surface area contributed by atoms with Gasteiger partial charge in [0, 0.05) is 32.5 Å². The van der Waals surface area contributed by atoms with Gasteiger partial charge in [0.15, 0.2) is 5.96 Å². The van der Waals surface area contributed by atoms with Crippen molar-refractivity contribution in [1.82, 2.24) is 20.4 Å². The first-order chi connectivity index (χ1) is 12.7. The van der Waals surface area contributed by atoms with Crippen LogP contribution in [0.2, 0.25) is 0 Å². The summed E-state index contributed by atoms with van der Waals surface area (Å²) in [4.78, 5) is 4.30. The van der Waals surface area contributed by atoms with E-state index in [1.807, 2.05) is 16.9 Å². The zero-order valence-corrected chi connectivity index (χ0v) is 18.3. The predicted molar refractivity (Wildman–Crippen MR) is 122 cm³/mol. The second-order valence-corrected chi connectivity index (χ2v) is 6.33. The molecule has 0 aliphatic rings. The molecular weight excluding hydrogens is 449 g/mol. The Balaban J connectivity index is 0.00000261. The number of aryl methyl sites for hydroxylation is 2. The predicted octanol–water partition coefficient (Wildman–Crippen LogP) is 3.97. The molecular formula is C21H26IN5. The molecule has 3 rings (SSSR count). The number of rotatable bonds is 5. The van der Waals surface area contributed by atoms with Crippen molar-refractivity contribution in [2.45, 2.75) is 26.9 Å². The molecule has 0 aliphatic carbocycles. The van der Waals surface area contributed by atoms with E-state index >= 15 is 0 Å². The molecule has 0 spiro atoms. The Bertz CT molecular complexity index is 870. The second-order valence-electron chi connectivity index (χ2n) is 6.33. The molecule has 0 unspecified atom stereocenters. The van der Waals surface area contributed by atoms with E-state index in [0.717, 1.165) is 18.2 Å². The minimum Gasteiger partial charge on any atom is -0.352 e. The Morgan fingerprint density at radius 2 is 1.78 bits per heavy atom. The number of guanidine groups is 1. The van der Waals surface area contributed by atoms with E-state index in [9.17, 15) is 0 Å². The average Bonchev–Trinajstić information content (AvgIpc) is 3.18. The number of hydrogen-bond donors (Lipinski definition) is 2. The van der Waals surface area contributed by atoms with Gasteiger partial charge in [-0.1, -0.05) is 35.9 Å². The Morgan fingerprint density at radius 3 is 2.41 bits per heavy atom. The van der Waals surface area contributed by atoms with Crippen molar-refractivity contribution in [2.75, 3.05) is 7.05 Å². The molecule has 1 heterocycles. The lowest BCUT2D eigenvalue weighted by Gasteiger charge is -2.14. The number of halogens is 1. The van der Waals surface area contributed by atoms with E-state index in [4.69, 9.17) is 0 Å². The van der Waals surface area contributed by atoms with E-state index in [1.165, 1.54) is 22.3 Å². The number of nitrogens with zero attached hydrogens (tertiary/aromatic N) is 3. The Morgan fingerprint density at radius 1 is 1.04 bits per heavy atom. The first kappa shape index (κ1) is 21.0. The number of benzene rings is 2. The van der Waals surface area contributed by atoms with Crippen LogP contribution in [0.3, 0.4) is 0 Å². The molecule has 0 radical (unpaired) electrons. The van der Waals surface area contributed by atoms with Crippen LogP contribution < -0.4 is 10.6 Å². The molecule has 27 heavy (non-hydrogen) atoms. The molecule has 0 saturated heterocycles. The lowest BCUT2D eigenvalue weighted by atomic mass is 10.1. The molecule has 0 aliphatic heterocycles. The van der Waals surface area contributed by atoms with Gasteiger partial charge in [0.2, 0.25) is 0 Å². The third-order valence-corrected chi connectivity index (χ3v) is 4.33. The maximum Gasteiger partial charge on any atom is 0.191 e. The zero-order chi connectivity index (χ0) is 18.4. The van der Waals surface area contributed by atoms with Gasteiger partial charge in [0.05, 0.1) is 5.69 Å². The van der Waals surface area contributed by atoms with Gasteiger partial charge in [-0.25, -0.2) is 4.68 Å². The van der Waals surface area contributed by atoms with E-state index in [-0.39, 0.29) is 24.0 Å². The summed E-state index contributed by atoms with van der Waals surface area (Å²) in [5.41, 5.74) is 6.10. The number of aromatic nitrogens is 2. The fourth-order valence-electron chi connectivity index (χ4n) is 2.82. The Kier molecular flexibility index (Phi) is 7.84. The molecule has 1 aromatic heterocycles. The molecule has 0 atom stereocenters. The highest BCUT2D eigenvalue weighted by Crippen LogP contribution is 2.10. The molecule has 0 bridgehead atoms. The van der Waals surface area contributed by atoms with E-state index in [0.29, 0.717) is 6.54 Å². The van der Waals surface area contributed by atoms with Gasteiger partial charge in [0.1, 0.15) is 0 Å². The normalized spacial score (nSPS) is 11.0. The van der Waals surface area contributed by atoms with Crippen LogP contribution in [0.1, 0.15) is 22.3 Å². The highest BCUT2D eigenvalue weighted by atomic mass is 127.